The van der Waals surface area contributed by atoms with Gasteiger partial charge in [-0.05, 0) is 30.9 Å². The molecule has 1 unspecified atom stereocenters. The molecule has 6 heteroatoms. The molecule has 2 aromatic heterocycles. The first-order valence-corrected chi connectivity index (χ1v) is 7.17. The minimum atomic E-state index is -0.640. The molecular formula is C16H17N3O3. The molecule has 2 aromatic rings. The maximum Gasteiger partial charge on any atom is 0.267 e. The molecule has 0 spiro atoms. The number of carbonyl (C=O) groups excluding carboxylic acids is 1. The molecule has 0 saturated heterocycles. The standard InChI is InChI=1S/C16H17N3O3/c1-9-6-7-10-12(9)14(20)13(16(22)19(10)2)15(21)18-11-5-3-4-8-17-11/h3-5,8-9,20H,6-7H2,1-2H3,(H,17,18,21). The number of hydrogen-bond donors (Lipinski definition) is 2. The van der Waals surface area contributed by atoms with E-state index in [0.29, 0.717) is 11.4 Å². The van der Waals surface area contributed by atoms with Gasteiger partial charge in [0.05, 0.1) is 0 Å². The molecule has 22 heavy (non-hydrogen) atoms. The summed E-state index contributed by atoms with van der Waals surface area (Å²) in [7, 11) is 1.64. The third-order valence-corrected chi connectivity index (χ3v) is 4.17. The van der Waals surface area contributed by atoms with Gasteiger partial charge in [-0.1, -0.05) is 13.0 Å². The van der Waals surface area contributed by atoms with Crippen molar-refractivity contribution in [2.24, 2.45) is 7.05 Å². The zero-order valence-electron chi connectivity index (χ0n) is 12.5. The summed E-state index contributed by atoms with van der Waals surface area (Å²) in [5.74, 6) is -0.374. The number of anilines is 1. The van der Waals surface area contributed by atoms with Gasteiger partial charge >= 0.3 is 0 Å². The van der Waals surface area contributed by atoms with Gasteiger partial charge in [-0.25, -0.2) is 4.98 Å². The maximum absolute atomic E-state index is 12.4. The highest BCUT2D eigenvalue weighted by atomic mass is 16.3. The van der Waals surface area contributed by atoms with E-state index >= 15 is 0 Å². The first-order valence-electron chi connectivity index (χ1n) is 7.17. The number of fused-ring (bicyclic) bond motifs is 1. The van der Waals surface area contributed by atoms with Crippen LogP contribution in [0.2, 0.25) is 0 Å². The van der Waals surface area contributed by atoms with E-state index in [9.17, 15) is 14.7 Å². The largest absolute Gasteiger partial charge is 0.507 e. The van der Waals surface area contributed by atoms with E-state index in [2.05, 4.69) is 10.3 Å². The van der Waals surface area contributed by atoms with E-state index in [1.807, 2.05) is 6.92 Å². The van der Waals surface area contributed by atoms with Crippen molar-refractivity contribution >= 4 is 11.7 Å². The Kier molecular flexibility index (Phi) is 3.44. The first kappa shape index (κ1) is 14.3. The van der Waals surface area contributed by atoms with Crippen molar-refractivity contribution in [1.82, 2.24) is 9.55 Å². The number of hydrogen-bond acceptors (Lipinski definition) is 4. The summed E-state index contributed by atoms with van der Waals surface area (Å²) in [5.41, 5.74) is 0.803. The lowest BCUT2D eigenvalue weighted by atomic mass is 10.0. The van der Waals surface area contributed by atoms with Crippen molar-refractivity contribution < 1.29 is 9.90 Å². The van der Waals surface area contributed by atoms with Crippen molar-refractivity contribution in [2.75, 3.05) is 5.32 Å². The molecule has 1 aliphatic carbocycles. The molecule has 0 fully saturated rings. The van der Waals surface area contributed by atoms with Crippen LogP contribution >= 0.6 is 0 Å². The summed E-state index contributed by atoms with van der Waals surface area (Å²) in [5, 5.41) is 13.0. The van der Waals surface area contributed by atoms with Gasteiger partial charge in [0.2, 0.25) is 0 Å². The van der Waals surface area contributed by atoms with Gasteiger partial charge in [0.15, 0.2) is 0 Å². The third kappa shape index (κ3) is 2.16. The zero-order chi connectivity index (χ0) is 15.9. The number of pyridine rings is 2. The Labute approximate surface area is 127 Å². The molecule has 2 N–H and O–H groups in total. The van der Waals surface area contributed by atoms with Gasteiger partial charge in [0, 0.05) is 24.5 Å². The van der Waals surface area contributed by atoms with Gasteiger partial charge in [-0.3, -0.25) is 9.59 Å². The number of nitrogens with zero attached hydrogens (tertiary/aromatic N) is 2. The predicted octanol–water partition coefficient (Wildman–Crippen LogP) is 1.79. The third-order valence-electron chi connectivity index (χ3n) is 4.17. The quantitative estimate of drug-likeness (QED) is 0.885. The van der Waals surface area contributed by atoms with Gasteiger partial charge in [-0.2, -0.15) is 0 Å². The Morgan fingerprint density at radius 3 is 2.91 bits per heavy atom. The fourth-order valence-electron chi connectivity index (χ4n) is 2.98. The minimum Gasteiger partial charge on any atom is -0.507 e. The summed E-state index contributed by atoms with van der Waals surface area (Å²) in [6, 6.07) is 5.07. The lowest BCUT2D eigenvalue weighted by Crippen LogP contribution is -2.30. The molecule has 1 atom stereocenters. The minimum absolute atomic E-state index is 0.128. The number of aromatic nitrogens is 2. The molecule has 3 rings (SSSR count). The van der Waals surface area contributed by atoms with Crippen molar-refractivity contribution in [3.63, 3.8) is 0 Å². The summed E-state index contributed by atoms with van der Waals surface area (Å²) >= 11 is 0. The van der Waals surface area contributed by atoms with Gasteiger partial charge < -0.3 is 15.0 Å². The Morgan fingerprint density at radius 1 is 1.45 bits per heavy atom. The maximum atomic E-state index is 12.4. The van der Waals surface area contributed by atoms with Crippen LogP contribution in [0.25, 0.3) is 0 Å². The topological polar surface area (TPSA) is 84.2 Å². The molecule has 0 bridgehead atoms. The van der Waals surface area contributed by atoms with Crippen LogP contribution in [0.1, 0.15) is 40.9 Å². The number of amides is 1. The Bertz CT molecular complexity index is 797. The molecule has 2 heterocycles. The van der Waals surface area contributed by atoms with Crippen molar-refractivity contribution in [2.45, 2.75) is 25.7 Å². The average molecular weight is 299 g/mol. The highest BCUT2D eigenvalue weighted by molar-refractivity contribution is 6.05. The summed E-state index contributed by atoms with van der Waals surface area (Å²) in [4.78, 5) is 28.8. The number of nitrogens with one attached hydrogen (secondary N) is 1. The molecule has 114 valence electrons. The zero-order valence-corrected chi connectivity index (χ0v) is 12.5. The molecule has 1 amide bonds. The molecule has 0 aliphatic heterocycles. The Morgan fingerprint density at radius 2 is 2.23 bits per heavy atom. The number of rotatable bonds is 2. The van der Waals surface area contributed by atoms with Crippen molar-refractivity contribution in [3.8, 4) is 5.75 Å². The van der Waals surface area contributed by atoms with Gasteiger partial charge in [-0.15, -0.1) is 0 Å². The highest BCUT2D eigenvalue weighted by Crippen LogP contribution is 2.39. The van der Waals surface area contributed by atoms with Crippen LogP contribution in [0, 0.1) is 0 Å². The predicted molar refractivity (Wildman–Crippen MR) is 82.3 cm³/mol. The molecule has 0 saturated carbocycles. The monoisotopic (exact) mass is 299 g/mol. The SMILES string of the molecule is CC1CCc2c1c(O)c(C(=O)Nc1ccccn1)c(=O)n2C. The second-order valence-electron chi connectivity index (χ2n) is 5.56. The summed E-state index contributed by atoms with van der Waals surface area (Å²) < 4.78 is 1.46. The van der Waals surface area contributed by atoms with E-state index in [1.54, 1.807) is 31.4 Å². The fourth-order valence-corrected chi connectivity index (χ4v) is 2.98. The lowest BCUT2D eigenvalue weighted by molar-refractivity contribution is 0.102. The van der Waals surface area contributed by atoms with Crippen LogP contribution in [-0.4, -0.2) is 20.6 Å². The van der Waals surface area contributed by atoms with E-state index in [4.69, 9.17) is 0 Å². The highest BCUT2D eigenvalue weighted by Gasteiger charge is 2.30. The molecular weight excluding hydrogens is 282 g/mol. The van der Waals surface area contributed by atoms with E-state index < -0.39 is 11.5 Å². The smallest absolute Gasteiger partial charge is 0.267 e. The first-order chi connectivity index (χ1) is 10.5. The van der Waals surface area contributed by atoms with E-state index in [1.165, 1.54) is 4.57 Å². The lowest BCUT2D eigenvalue weighted by Gasteiger charge is -2.15. The number of aromatic hydroxyl groups is 1. The van der Waals surface area contributed by atoms with E-state index in [0.717, 1.165) is 18.5 Å². The van der Waals surface area contributed by atoms with Crippen molar-refractivity contribution in [1.29, 1.82) is 0 Å². The molecule has 6 nitrogen and oxygen atoms in total. The van der Waals surface area contributed by atoms with Crippen LogP contribution in [-0.2, 0) is 13.5 Å². The molecule has 0 aromatic carbocycles. The Balaban J connectivity index is 2.08. The molecule has 0 radical (unpaired) electrons. The average Bonchev–Trinajstić information content (AvgIpc) is 2.88. The number of carbonyl (C=O) groups is 1. The second-order valence-corrected chi connectivity index (χ2v) is 5.56. The Hall–Kier alpha value is -2.63. The van der Waals surface area contributed by atoms with Gasteiger partial charge in [0.25, 0.3) is 11.5 Å². The van der Waals surface area contributed by atoms with E-state index in [-0.39, 0.29) is 17.2 Å². The normalized spacial score (nSPS) is 16.4. The summed E-state index contributed by atoms with van der Waals surface area (Å²) in [6.45, 7) is 1.98. The van der Waals surface area contributed by atoms with Crippen LogP contribution in [0.15, 0.2) is 29.2 Å². The van der Waals surface area contributed by atoms with Crippen molar-refractivity contribution in [3.05, 3.63) is 51.6 Å². The molecule has 1 aliphatic rings. The van der Waals surface area contributed by atoms with Crippen LogP contribution in [0.5, 0.6) is 5.75 Å². The van der Waals surface area contributed by atoms with Crippen LogP contribution in [0.4, 0.5) is 5.82 Å². The second kappa shape index (κ2) is 5.29. The fraction of sp³-hybridized carbons (Fsp3) is 0.312. The van der Waals surface area contributed by atoms with Crippen LogP contribution in [0.3, 0.4) is 0 Å². The van der Waals surface area contributed by atoms with Gasteiger partial charge in [0.1, 0.15) is 17.1 Å². The van der Waals surface area contributed by atoms with Crippen LogP contribution < -0.4 is 10.9 Å². The summed E-state index contributed by atoms with van der Waals surface area (Å²) in [6.07, 6.45) is 3.14.